The van der Waals surface area contributed by atoms with Gasteiger partial charge in [-0.15, -0.1) is 0 Å². The van der Waals surface area contributed by atoms with Gasteiger partial charge in [-0.1, -0.05) is 36.8 Å². The van der Waals surface area contributed by atoms with Gasteiger partial charge in [-0.2, -0.15) is 5.10 Å². The van der Waals surface area contributed by atoms with Crippen LogP contribution in [0.5, 0.6) is 11.5 Å². The Hall–Kier alpha value is -4.66. The van der Waals surface area contributed by atoms with Crippen LogP contribution in [0, 0.1) is 13.8 Å². The first-order valence-electron chi connectivity index (χ1n) is 11.8. The first kappa shape index (κ1) is 26.9. The number of nitrogens with zero attached hydrogens (tertiary/aromatic N) is 1. The lowest BCUT2D eigenvalue weighted by Crippen LogP contribution is -2.32. The molecule has 0 saturated carbocycles. The number of rotatable bonds is 10. The van der Waals surface area contributed by atoms with Crippen molar-refractivity contribution in [3.8, 4) is 11.5 Å². The lowest BCUT2D eigenvalue weighted by atomic mass is 10.1. The summed E-state index contributed by atoms with van der Waals surface area (Å²) in [7, 11) is 0. The number of hydrogen-bond acceptors (Lipinski definition) is 6. The van der Waals surface area contributed by atoms with Crippen molar-refractivity contribution in [1.29, 1.82) is 0 Å². The molecule has 37 heavy (non-hydrogen) atoms. The Labute approximate surface area is 215 Å². The molecule has 0 atom stereocenters. The molecule has 3 aromatic rings. The Balaban J connectivity index is 1.46. The first-order valence-corrected chi connectivity index (χ1v) is 11.8. The number of nitrogens with one attached hydrogen (secondary N) is 3. The van der Waals surface area contributed by atoms with Gasteiger partial charge in [0.2, 0.25) is 0 Å². The number of amides is 3. The first-order chi connectivity index (χ1) is 17.8. The number of hydrazone groups is 1. The van der Waals surface area contributed by atoms with E-state index in [0.717, 1.165) is 23.2 Å². The topological polar surface area (TPSA) is 118 Å². The third kappa shape index (κ3) is 8.81. The number of ether oxygens (including phenoxy) is 2. The van der Waals surface area contributed by atoms with Crippen molar-refractivity contribution in [2.24, 2.45) is 5.10 Å². The number of hydrogen-bond donors (Lipinski definition) is 3. The molecule has 192 valence electrons. The predicted molar refractivity (Wildman–Crippen MR) is 143 cm³/mol. The molecule has 3 N–H and O–H groups in total. The van der Waals surface area contributed by atoms with Gasteiger partial charge in [0.15, 0.2) is 6.61 Å². The summed E-state index contributed by atoms with van der Waals surface area (Å²) in [6, 6.07) is 19.3. The van der Waals surface area contributed by atoms with Crippen LogP contribution in [-0.2, 0) is 14.4 Å². The van der Waals surface area contributed by atoms with Crippen LogP contribution in [0.4, 0.5) is 11.4 Å². The van der Waals surface area contributed by atoms with Gasteiger partial charge in [0.1, 0.15) is 11.5 Å². The molecule has 3 aromatic carbocycles. The Morgan fingerprint density at radius 3 is 2.38 bits per heavy atom. The number of aryl methyl sites for hydroxylation is 2. The maximum absolute atomic E-state index is 12.3. The molecule has 0 fully saturated rings. The highest BCUT2D eigenvalue weighted by Crippen LogP contribution is 2.17. The molecule has 9 heteroatoms. The van der Waals surface area contributed by atoms with Crippen molar-refractivity contribution in [2.75, 3.05) is 23.8 Å². The molecule has 9 nitrogen and oxygen atoms in total. The van der Waals surface area contributed by atoms with E-state index in [1.807, 2.05) is 39.0 Å². The van der Waals surface area contributed by atoms with Gasteiger partial charge in [0.05, 0.1) is 12.8 Å². The van der Waals surface area contributed by atoms with E-state index in [1.54, 1.807) is 48.5 Å². The second-order valence-electron chi connectivity index (χ2n) is 8.25. The van der Waals surface area contributed by atoms with E-state index >= 15 is 0 Å². The molecule has 3 rings (SSSR count). The average Bonchev–Trinajstić information content (AvgIpc) is 2.89. The van der Waals surface area contributed by atoms with Gasteiger partial charge < -0.3 is 20.1 Å². The molecule has 3 amide bonds. The molecular weight excluding hydrogens is 472 g/mol. The van der Waals surface area contributed by atoms with E-state index in [9.17, 15) is 14.4 Å². The molecule has 0 aliphatic heterocycles. The smallest absolute Gasteiger partial charge is 0.329 e. The molecular formula is C28H30N4O5. The van der Waals surface area contributed by atoms with Gasteiger partial charge in [-0.05, 0) is 73.9 Å². The lowest BCUT2D eigenvalue weighted by molar-refractivity contribution is -0.136. The minimum Gasteiger partial charge on any atom is -0.494 e. The van der Waals surface area contributed by atoms with Gasteiger partial charge in [-0.3, -0.25) is 14.4 Å². The van der Waals surface area contributed by atoms with Crippen molar-refractivity contribution in [2.45, 2.75) is 27.2 Å². The summed E-state index contributed by atoms with van der Waals surface area (Å²) in [5.74, 6) is -0.922. The maximum atomic E-state index is 12.3. The van der Waals surface area contributed by atoms with Crippen LogP contribution in [0.15, 0.2) is 71.8 Å². The number of carbonyl (C=O) groups excluding carboxylic acids is 3. The van der Waals surface area contributed by atoms with E-state index < -0.39 is 11.8 Å². The Bertz CT molecular complexity index is 1270. The zero-order valence-corrected chi connectivity index (χ0v) is 21.0. The Kier molecular flexibility index (Phi) is 9.78. The minimum absolute atomic E-state index is 0.170. The zero-order chi connectivity index (χ0) is 26.6. The summed E-state index contributed by atoms with van der Waals surface area (Å²) < 4.78 is 11.1. The summed E-state index contributed by atoms with van der Waals surface area (Å²) in [4.78, 5) is 36.4. The summed E-state index contributed by atoms with van der Waals surface area (Å²) in [6.45, 7) is 6.36. The number of carbonyl (C=O) groups is 3. The largest absolute Gasteiger partial charge is 0.494 e. The van der Waals surface area contributed by atoms with Crippen LogP contribution in [-0.4, -0.2) is 37.1 Å². The van der Waals surface area contributed by atoms with Gasteiger partial charge in [0.25, 0.3) is 5.91 Å². The van der Waals surface area contributed by atoms with E-state index in [2.05, 4.69) is 21.2 Å². The monoisotopic (exact) mass is 502 g/mol. The van der Waals surface area contributed by atoms with Crippen LogP contribution >= 0.6 is 0 Å². The molecule has 0 spiro atoms. The highest BCUT2D eigenvalue weighted by atomic mass is 16.5. The Morgan fingerprint density at radius 1 is 0.865 bits per heavy atom. The normalized spacial score (nSPS) is 10.6. The third-order valence-corrected chi connectivity index (χ3v) is 5.06. The minimum atomic E-state index is -0.918. The summed E-state index contributed by atoms with van der Waals surface area (Å²) in [5, 5.41) is 9.14. The van der Waals surface area contributed by atoms with Crippen LogP contribution < -0.4 is 25.5 Å². The van der Waals surface area contributed by atoms with Crippen molar-refractivity contribution >= 4 is 35.3 Å². The maximum Gasteiger partial charge on any atom is 0.329 e. The lowest BCUT2D eigenvalue weighted by Gasteiger charge is -2.10. The van der Waals surface area contributed by atoms with Crippen LogP contribution in [0.1, 0.15) is 30.0 Å². The second-order valence-corrected chi connectivity index (χ2v) is 8.25. The summed E-state index contributed by atoms with van der Waals surface area (Å²) in [5.41, 5.74) is 6.07. The van der Waals surface area contributed by atoms with Crippen LogP contribution in [0.3, 0.4) is 0 Å². The standard InChI is InChI=1S/C28H30N4O5/c1-4-14-36-23-11-9-22(10-12-23)30-27(34)28(35)32-29-17-21-6-5-7-24(16-21)37-18-26(33)31-25-13-8-19(2)15-20(25)3/h5-13,15-17H,4,14,18H2,1-3H3,(H,30,34)(H,31,33)(H,32,35)/b29-17-. The summed E-state index contributed by atoms with van der Waals surface area (Å²) >= 11 is 0. The fourth-order valence-corrected chi connectivity index (χ4v) is 3.23. The quantitative estimate of drug-likeness (QED) is 0.218. The number of benzene rings is 3. The van der Waals surface area contributed by atoms with Crippen molar-refractivity contribution in [3.63, 3.8) is 0 Å². The second kappa shape index (κ2) is 13.4. The third-order valence-electron chi connectivity index (χ3n) is 5.06. The van der Waals surface area contributed by atoms with Gasteiger partial charge in [-0.25, -0.2) is 5.43 Å². The van der Waals surface area contributed by atoms with Crippen molar-refractivity contribution in [1.82, 2.24) is 5.43 Å². The average molecular weight is 503 g/mol. The van der Waals surface area contributed by atoms with E-state index in [-0.39, 0.29) is 12.5 Å². The zero-order valence-electron chi connectivity index (χ0n) is 21.0. The summed E-state index contributed by atoms with van der Waals surface area (Å²) in [6.07, 6.45) is 2.26. The van der Waals surface area contributed by atoms with Gasteiger partial charge >= 0.3 is 11.8 Å². The molecule has 0 bridgehead atoms. The van der Waals surface area contributed by atoms with E-state index in [0.29, 0.717) is 29.4 Å². The highest BCUT2D eigenvalue weighted by Gasteiger charge is 2.13. The molecule has 0 aliphatic carbocycles. The Morgan fingerprint density at radius 2 is 1.65 bits per heavy atom. The molecule has 0 aliphatic rings. The molecule has 0 saturated heterocycles. The van der Waals surface area contributed by atoms with Crippen LogP contribution in [0.2, 0.25) is 0 Å². The van der Waals surface area contributed by atoms with Gasteiger partial charge in [0, 0.05) is 11.4 Å². The van der Waals surface area contributed by atoms with E-state index in [4.69, 9.17) is 9.47 Å². The molecule has 0 radical (unpaired) electrons. The van der Waals surface area contributed by atoms with Crippen molar-refractivity contribution in [3.05, 3.63) is 83.4 Å². The fraction of sp³-hybridized carbons (Fsp3) is 0.214. The molecule has 0 unspecified atom stereocenters. The molecule has 0 aromatic heterocycles. The SMILES string of the molecule is CCCOc1ccc(NC(=O)C(=O)N/N=C\c2cccc(OCC(=O)Nc3ccc(C)cc3C)c2)cc1. The molecule has 0 heterocycles. The van der Waals surface area contributed by atoms with Crippen LogP contribution in [0.25, 0.3) is 0 Å². The van der Waals surface area contributed by atoms with E-state index in [1.165, 1.54) is 6.21 Å². The van der Waals surface area contributed by atoms with Crippen molar-refractivity contribution < 1.29 is 23.9 Å². The highest BCUT2D eigenvalue weighted by molar-refractivity contribution is 6.39. The number of anilines is 2. The predicted octanol–water partition coefficient (Wildman–Crippen LogP) is 4.20. The fourth-order valence-electron chi connectivity index (χ4n) is 3.23.